The molecular formula is C12H12ClFN2O5. The standard InChI is InChI=1S/C12H12ClFN2O5/c13-7-5-6(1-2-8(7)14)15-12(21)16-9(11(19)20)3-4-10(17)18/h1-2,5,9H,3-4H2,(H,17,18)(H,19,20)(H2,15,16,21)/t9-/m0/s1. The molecular weight excluding hydrogens is 307 g/mol. The first kappa shape index (κ1) is 16.7. The number of hydrogen-bond donors (Lipinski definition) is 4. The third kappa shape index (κ3) is 5.65. The predicted molar refractivity (Wildman–Crippen MR) is 71.9 cm³/mol. The smallest absolute Gasteiger partial charge is 0.326 e. The van der Waals surface area contributed by atoms with Gasteiger partial charge in [-0.2, -0.15) is 0 Å². The first-order chi connectivity index (χ1) is 9.79. The minimum absolute atomic E-state index is 0.168. The van der Waals surface area contributed by atoms with Gasteiger partial charge in [-0.15, -0.1) is 0 Å². The summed E-state index contributed by atoms with van der Waals surface area (Å²) in [5, 5.41) is 21.5. The van der Waals surface area contributed by atoms with E-state index in [1.807, 2.05) is 0 Å². The van der Waals surface area contributed by atoms with Crippen molar-refractivity contribution < 1.29 is 29.0 Å². The molecule has 0 unspecified atom stereocenters. The minimum Gasteiger partial charge on any atom is -0.481 e. The molecule has 0 spiro atoms. The quantitative estimate of drug-likeness (QED) is 0.639. The second kappa shape index (κ2) is 7.44. The number of hydrogen-bond acceptors (Lipinski definition) is 3. The molecule has 0 saturated heterocycles. The highest BCUT2D eigenvalue weighted by Gasteiger charge is 2.21. The lowest BCUT2D eigenvalue weighted by atomic mass is 10.1. The van der Waals surface area contributed by atoms with Gasteiger partial charge >= 0.3 is 18.0 Å². The van der Waals surface area contributed by atoms with Crippen LogP contribution in [0.5, 0.6) is 0 Å². The average molecular weight is 319 g/mol. The van der Waals surface area contributed by atoms with E-state index >= 15 is 0 Å². The third-order valence-electron chi connectivity index (χ3n) is 2.43. The monoisotopic (exact) mass is 318 g/mol. The van der Waals surface area contributed by atoms with Gasteiger partial charge in [0.25, 0.3) is 0 Å². The lowest BCUT2D eigenvalue weighted by Crippen LogP contribution is -2.43. The van der Waals surface area contributed by atoms with E-state index in [1.54, 1.807) is 0 Å². The molecule has 2 amide bonds. The average Bonchev–Trinajstić information content (AvgIpc) is 2.38. The Morgan fingerprint density at radius 3 is 2.48 bits per heavy atom. The summed E-state index contributed by atoms with van der Waals surface area (Å²) < 4.78 is 12.9. The van der Waals surface area contributed by atoms with Gasteiger partial charge in [0.15, 0.2) is 0 Å². The van der Waals surface area contributed by atoms with Crippen molar-refractivity contribution in [3.8, 4) is 0 Å². The van der Waals surface area contributed by atoms with Crippen molar-refractivity contribution in [3.05, 3.63) is 29.0 Å². The highest BCUT2D eigenvalue weighted by atomic mass is 35.5. The van der Waals surface area contributed by atoms with Gasteiger partial charge in [-0.25, -0.2) is 14.0 Å². The minimum atomic E-state index is -1.36. The molecule has 7 nitrogen and oxygen atoms in total. The van der Waals surface area contributed by atoms with Crippen LogP contribution >= 0.6 is 11.6 Å². The van der Waals surface area contributed by atoms with E-state index in [0.29, 0.717) is 0 Å². The second-order valence-electron chi connectivity index (χ2n) is 4.05. The molecule has 4 N–H and O–H groups in total. The van der Waals surface area contributed by atoms with E-state index in [2.05, 4.69) is 10.6 Å². The largest absolute Gasteiger partial charge is 0.481 e. The summed E-state index contributed by atoms with van der Waals surface area (Å²) in [6, 6.07) is 1.22. The molecule has 0 aliphatic heterocycles. The second-order valence-corrected chi connectivity index (χ2v) is 4.46. The zero-order valence-corrected chi connectivity index (χ0v) is 11.4. The molecule has 21 heavy (non-hydrogen) atoms. The number of urea groups is 1. The van der Waals surface area contributed by atoms with Crippen LogP contribution in [0.3, 0.4) is 0 Å². The topological polar surface area (TPSA) is 116 Å². The van der Waals surface area contributed by atoms with Crippen molar-refractivity contribution in [3.63, 3.8) is 0 Å². The molecule has 0 bridgehead atoms. The number of carboxylic acids is 2. The molecule has 9 heteroatoms. The summed E-state index contributed by atoms with van der Waals surface area (Å²) in [4.78, 5) is 32.9. The van der Waals surface area contributed by atoms with Gasteiger partial charge in [0.2, 0.25) is 0 Å². The SMILES string of the molecule is O=C(O)CC[C@H](NC(=O)Nc1ccc(F)c(Cl)c1)C(=O)O. The fourth-order valence-electron chi connectivity index (χ4n) is 1.42. The Labute approximate surface area is 123 Å². The number of benzene rings is 1. The molecule has 0 fully saturated rings. The van der Waals surface area contributed by atoms with Crippen molar-refractivity contribution >= 4 is 35.3 Å². The van der Waals surface area contributed by atoms with Gasteiger partial charge < -0.3 is 20.8 Å². The van der Waals surface area contributed by atoms with Crippen LogP contribution in [0.4, 0.5) is 14.9 Å². The summed E-state index contributed by atoms with van der Waals surface area (Å²) in [5.74, 6) is -3.19. The van der Waals surface area contributed by atoms with Crippen molar-refractivity contribution in [1.29, 1.82) is 0 Å². The van der Waals surface area contributed by atoms with Crippen LogP contribution in [-0.2, 0) is 9.59 Å². The lowest BCUT2D eigenvalue weighted by Gasteiger charge is -2.14. The molecule has 0 heterocycles. The molecule has 1 aromatic carbocycles. The van der Waals surface area contributed by atoms with Crippen LogP contribution in [-0.4, -0.2) is 34.2 Å². The van der Waals surface area contributed by atoms with E-state index in [1.165, 1.54) is 6.07 Å². The van der Waals surface area contributed by atoms with Crippen molar-refractivity contribution in [1.82, 2.24) is 5.32 Å². The normalized spacial score (nSPS) is 11.5. The number of rotatable bonds is 6. The van der Waals surface area contributed by atoms with Gasteiger partial charge in [-0.05, 0) is 24.6 Å². The number of aliphatic carboxylic acids is 2. The predicted octanol–water partition coefficient (Wildman–Crippen LogP) is 1.92. The zero-order valence-electron chi connectivity index (χ0n) is 10.6. The lowest BCUT2D eigenvalue weighted by molar-refractivity contribution is -0.140. The van der Waals surface area contributed by atoms with Crippen molar-refractivity contribution in [2.24, 2.45) is 0 Å². The Balaban J connectivity index is 2.62. The Kier molecular flexibility index (Phi) is 5.92. The Bertz CT molecular complexity index is 567. The maximum absolute atomic E-state index is 12.9. The van der Waals surface area contributed by atoms with Crippen LogP contribution in [0.25, 0.3) is 0 Å². The number of carboxylic acid groups (broad SMARTS) is 2. The van der Waals surface area contributed by atoms with Crippen molar-refractivity contribution in [2.45, 2.75) is 18.9 Å². The molecule has 0 saturated carbocycles. The highest BCUT2D eigenvalue weighted by molar-refractivity contribution is 6.31. The first-order valence-electron chi connectivity index (χ1n) is 5.76. The van der Waals surface area contributed by atoms with Crippen LogP contribution in [0.1, 0.15) is 12.8 Å². The van der Waals surface area contributed by atoms with Gasteiger partial charge in [0.05, 0.1) is 5.02 Å². The Morgan fingerprint density at radius 1 is 1.29 bits per heavy atom. The van der Waals surface area contributed by atoms with E-state index in [4.69, 9.17) is 21.8 Å². The fraction of sp³-hybridized carbons (Fsp3) is 0.250. The van der Waals surface area contributed by atoms with E-state index in [0.717, 1.165) is 12.1 Å². The van der Waals surface area contributed by atoms with E-state index in [-0.39, 0.29) is 17.1 Å². The number of halogens is 2. The van der Waals surface area contributed by atoms with E-state index in [9.17, 15) is 18.8 Å². The van der Waals surface area contributed by atoms with Crippen LogP contribution < -0.4 is 10.6 Å². The zero-order chi connectivity index (χ0) is 16.0. The maximum Gasteiger partial charge on any atom is 0.326 e. The Hall–Kier alpha value is -2.35. The molecule has 1 atom stereocenters. The molecule has 1 aromatic rings. The maximum atomic E-state index is 12.9. The third-order valence-corrected chi connectivity index (χ3v) is 2.72. The van der Waals surface area contributed by atoms with Crippen LogP contribution in [0.2, 0.25) is 5.02 Å². The number of nitrogens with one attached hydrogen (secondary N) is 2. The van der Waals surface area contributed by atoms with E-state index < -0.39 is 36.2 Å². The summed E-state index contributed by atoms with van der Waals surface area (Å²) in [6.07, 6.45) is -0.665. The highest BCUT2D eigenvalue weighted by Crippen LogP contribution is 2.19. The van der Waals surface area contributed by atoms with Crippen LogP contribution in [0.15, 0.2) is 18.2 Å². The molecule has 0 aliphatic carbocycles. The number of carbonyl (C=O) groups is 3. The number of amides is 2. The number of carbonyl (C=O) groups excluding carboxylic acids is 1. The van der Waals surface area contributed by atoms with Gasteiger partial charge in [-0.3, -0.25) is 4.79 Å². The summed E-state index contributed by atoms with van der Waals surface area (Å²) in [6.45, 7) is 0. The molecule has 0 radical (unpaired) electrons. The Morgan fingerprint density at radius 2 is 1.95 bits per heavy atom. The van der Waals surface area contributed by atoms with Gasteiger partial charge in [0.1, 0.15) is 11.9 Å². The fourth-order valence-corrected chi connectivity index (χ4v) is 1.61. The van der Waals surface area contributed by atoms with Gasteiger partial charge in [0, 0.05) is 12.1 Å². The first-order valence-corrected chi connectivity index (χ1v) is 6.14. The molecule has 0 aromatic heterocycles. The molecule has 114 valence electrons. The van der Waals surface area contributed by atoms with Crippen LogP contribution in [0, 0.1) is 5.82 Å². The summed E-state index contributed by atoms with van der Waals surface area (Å²) >= 11 is 5.53. The van der Waals surface area contributed by atoms with Crippen molar-refractivity contribution in [2.75, 3.05) is 5.32 Å². The number of anilines is 1. The van der Waals surface area contributed by atoms with Gasteiger partial charge in [-0.1, -0.05) is 11.6 Å². The molecule has 0 aliphatic rings. The summed E-state index contributed by atoms with van der Waals surface area (Å²) in [7, 11) is 0. The molecule has 1 rings (SSSR count). The summed E-state index contributed by atoms with van der Waals surface area (Å²) in [5.41, 5.74) is 0.168.